The van der Waals surface area contributed by atoms with Crippen LogP contribution < -0.4 is 5.32 Å². The van der Waals surface area contributed by atoms with Crippen molar-refractivity contribution in [3.63, 3.8) is 0 Å². The topological polar surface area (TPSA) is 42.7 Å². The summed E-state index contributed by atoms with van der Waals surface area (Å²) in [5, 5.41) is 11.2. The molecule has 0 aliphatic carbocycles. The molecule has 3 aromatic rings. The van der Waals surface area contributed by atoms with Gasteiger partial charge in [0.2, 0.25) is 0 Å². The molecule has 1 aromatic carbocycles. The van der Waals surface area contributed by atoms with Crippen LogP contribution in [0.4, 0.5) is 5.13 Å². The summed E-state index contributed by atoms with van der Waals surface area (Å²) in [6.45, 7) is 2.09. The summed E-state index contributed by atoms with van der Waals surface area (Å²) >= 11 is 7.78. The summed E-state index contributed by atoms with van der Waals surface area (Å²) in [5.41, 5.74) is 2.98. The Morgan fingerprint density at radius 1 is 1.33 bits per heavy atom. The summed E-state index contributed by atoms with van der Waals surface area (Å²) < 4.78 is 1.80. The maximum absolute atomic E-state index is 6.21. The number of nitrogens with one attached hydrogen (secondary N) is 1. The Bertz CT molecular complexity index is 749. The van der Waals surface area contributed by atoms with E-state index in [1.54, 1.807) is 16.0 Å². The van der Waals surface area contributed by atoms with Crippen molar-refractivity contribution in [2.75, 3.05) is 5.32 Å². The molecule has 108 valence electrons. The second-order valence-electron chi connectivity index (χ2n) is 4.83. The van der Waals surface area contributed by atoms with Crippen LogP contribution in [0.1, 0.15) is 18.5 Å². The van der Waals surface area contributed by atoms with Crippen LogP contribution in [0.15, 0.2) is 42.0 Å². The summed E-state index contributed by atoms with van der Waals surface area (Å²) in [4.78, 5) is 4.61. The predicted octanol–water partition coefficient (Wildman–Crippen LogP) is 4.37. The van der Waals surface area contributed by atoms with Gasteiger partial charge in [0.25, 0.3) is 0 Å². The van der Waals surface area contributed by atoms with E-state index in [-0.39, 0.29) is 6.04 Å². The standard InChI is InChI=1S/C15H15ClN4S/c1-10(11-7-17-20(2)8-11)18-15-19-14(9-21-15)12-5-3-4-6-13(12)16/h3-10H,1-2H3,(H,18,19). The molecule has 0 saturated carbocycles. The maximum atomic E-state index is 6.21. The Morgan fingerprint density at radius 2 is 2.14 bits per heavy atom. The lowest BCUT2D eigenvalue weighted by atomic mass is 10.2. The Hall–Kier alpha value is -1.85. The SMILES string of the molecule is CC(Nc1nc(-c2ccccc2Cl)cs1)c1cnn(C)c1. The van der Waals surface area contributed by atoms with E-state index in [9.17, 15) is 0 Å². The van der Waals surface area contributed by atoms with E-state index in [1.807, 2.05) is 49.1 Å². The van der Waals surface area contributed by atoms with E-state index < -0.39 is 0 Å². The van der Waals surface area contributed by atoms with Gasteiger partial charge in [-0.1, -0.05) is 29.8 Å². The lowest BCUT2D eigenvalue weighted by molar-refractivity contribution is 0.765. The fraction of sp³-hybridized carbons (Fsp3) is 0.200. The van der Waals surface area contributed by atoms with Gasteiger partial charge in [0.05, 0.1) is 17.9 Å². The van der Waals surface area contributed by atoms with Crippen LogP contribution in [0.5, 0.6) is 0 Å². The molecule has 2 aromatic heterocycles. The number of halogens is 1. The van der Waals surface area contributed by atoms with Crippen molar-refractivity contribution in [3.05, 3.63) is 52.6 Å². The van der Waals surface area contributed by atoms with E-state index >= 15 is 0 Å². The first-order valence-electron chi connectivity index (χ1n) is 6.59. The van der Waals surface area contributed by atoms with Gasteiger partial charge >= 0.3 is 0 Å². The zero-order valence-corrected chi connectivity index (χ0v) is 13.3. The highest BCUT2D eigenvalue weighted by Gasteiger charge is 2.11. The Morgan fingerprint density at radius 3 is 2.86 bits per heavy atom. The minimum atomic E-state index is 0.156. The van der Waals surface area contributed by atoms with Gasteiger partial charge < -0.3 is 5.32 Å². The molecule has 21 heavy (non-hydrogen) atoms. The zero-order valence-electron chi connectivity index (χ0n) is 11.7. The van der Waals surface area contributed by atoms with E-state index in [1.165, 1.54) is 0 Å². The fourth-order valence-corrected chi connectivity index (χ4v) is 3.10. The van der Waals surface area contributed by atoms with Crippen molar-refractivity contribution in [1.29, 1.82) is 0 Å². The van der Waals surface area contributed by atoms with Crippen molar-refractivity contribution in [2.45, 2.75) is 13.0 Å². The first kappa shape index (κ1) is 14.1. The van der Waals surface area contributed by atoms with Crippen LogP contribution in [-0.2, 0) is 7.05 Å². The van der Waals surface area contributed by atoms with Crippen molar-refractivity contribution >= 4 is 28.1 Å². The lowest BCUT2D eigenvalue weighted by Crippen LogP contribution is -2.05. The highest BCUT2D eigenvalue weighted by atomic mass is 35.5. The summed E-state index contributed by atoms with van der Waals surface area (Å²) in [5.74, 6) is 0. The van der Waals surface area contributed by atoms with E-state index in [0.717, 1.165) is 27.0 Å². The van der Waals surface area contributed by atoms with Gasteiger partial charge in [0.1, 0.15) is 0 Å². The van der Waals surface area contributed by atoms with Gasteiger partial charge in [-0.15, -0.1) is 11.3 Å². The summed E-state index contributed by atoms with van der Waals surface area (Å²) in [6, 6.07) is 7.89. The monoisotopic (exact) mass is 318 g/mol. The van der Waals surface area contributed by atoms with Crippen LogP contribution in [0.2, 0.25) is 5.02 Å². The number of aryl methyl sites for hydroxylation is 1. The first-order chi connectivity index (χ1) is 10.1. The second kappa shape index (κ2) is 5.87. The number of thiazole rings is 1. The molecule has 2 heterocycles. The Kier molecular flexibility index (Phi) is 3.94. The average Bonchev–Trinajstić information content (AvgIpc) is 3.08. The van der Waals surface area contributed by atoms with E-state index in [4.69, 9.17) is 11.6 Å². The minimum Gasteiger partial charge on any atom is -0.355 e. The molecule has 1 unspecified atom stereocenters. The molecule has 0 saturated heterocycles. The van der Waals surface area contributed by atoms with Gasteiger partial charge in [0, 0.05) is 34.8 Å². The summed E-state index contributed by atoms with van der Waals surface area (Å²) in [7, 11) is 1.91. The van der Waals surface area contributed by atoms with Crippen molar-refractivity contribution in [2.24, 2.45) is 7.05 Å². The molecule has 0 aliphatic rings. The van der Waals surface area contributed by atoms with Gasteiger partial charge in [-0.2, -0.15) is 5.10 Å². The van der Waals surface area contributed by atoms with Crippen molar-refractivity contribution < 1.29 is 0 Å². The fourth-order valence-electron chi connectivity index (χ4n) is 2.06. The van der Waals surface area contributed by atoms with E-state index in [0.29, 0.717) is 0 Å². The number of hydrogen-bond acceptors (Lipinski definition) is 4. The van der Waals surface area contributed by atoms with Gasteiger partial charge in [-0.25, -0.2) is 4.98 Å². The minimum absolute atomic E-state index is 0.156. The van der Waals surface area contributed by atoms with Crippen LogP contribution in [0.25, 0.3) is 11.3 Å². The number of aromatic nitrogens is 3. The van der Waals surface area contributed by atoms with Gasteiger partial charge in [0.15, 0.2) is 5.13 Å². The molecule has 0 bridgehead atoms. The third-order valence-electron chi connectivity index (χ3n) is 3.22. The Balaban J connectivity index is 1.78. The maximum Gasteiger partial charge on any atom is 0.183 e. The molecule has 0 radical (unpaired) electrons. The quantitative estimate of drug-likeness (QED) is 0.776. The largest absolute Gasteiger partial charge is 0.355 e. The number of benzene rings is 1. The third kappa shape index (κ3) is 3.09. The Labute approximate surface area is 132 Å². The smallest absolute Gasteiger partial charge is 0.183 e. The highest BCUT2D eigenvalue weighted by molar-refractivity contribution is 7.14. The number of hydrogen-bond donors (Lipinski definition) is 1. The predicted molar refractivity (Wildman–Crippen MR) is 87.8 cm³/mol. The van der Waals surface area contributed by atoms with Crippen molar-refractivity contribution in [3.8, 4) is 11.3 Å². The molecule has 4 nitrogen and oxygen atoms in total. The molecular weight excluding hydrogens is 304 g/mol. The van der Waals surface area contributed by atoms with E-state index in [2.05, 4.69) is 22.3 Å². The average molecular weight is 319 g/mol. The van der Waals surface area contributed by atoms with Crippen LogP contribution in [0, 0.1) is 0 Å². The molecule has 0 aliphatic heterocycles. The summed E-state index contributed by atoms with van der Waals surface area (Å²) in [6.07, 6.45) is 3.86. The zero-order chi connectivity index (χ0) is 14.8. The number of nitrogens with zero attached hydrogens (tertiary/aromatic N) is 3. The molecule has 1 atom stereocenters. The molecule has 0 fully saturated rings. The molecule has 1 N–H and O–H groups in total. The normalized spacial score (nSPS) is 12.3. The van der Waals surface area contributed by atoms with Crippen molar-refractivity contribution in [1.82, 2.24) is 14.8 Å². The second-order valence-corrected chi connectivity index (χ2v) is 6.10. The molecule has 3 rings (SSSR count). The van der Waals surface area contributed by atoms with Crippen LogP contribution in [0.3, 0.4) is 0 Å². The lowest BCUT2D eigenvalue weighted by Gasteiger charge is -2.10. The highest BCUT2D eigenvalue weighted by Crippen LogP contribution is 2.31. The van der Waals surface area contributed by atoms with Crippen LogP contribution in [-0.4, -0.2) is 14.8 Å². The number of rotatable bonds is 4. The molecule has 0 spiro atoms. The molecule has 0 amide bonds. The van der Waals surface area contributed by atoms with Crippen LogP contribution >= 0.6 is 22.9 Å². The number of anilines is 1. The molecule has 6 heteroatoms. The first-order valence-corrected chi connectivity index (χ1v) is 7.85. The third-order valence-corrected chi connectivity index (χ3v) is 4.32. The molecular formula is C15H15ClN4S. The van der Waals surface area contributed by atoms with Gasteiger partial charge in [-0.3, -0.25) is 4.68 Å². The van der Waals surface area contributed by atoms with Gasteiger partial charge in [-0.05, 0) is 13.0 Å².